The molecule has 102 valence electrons. The highest BCUT2D eigenvalue weighted by Gasteiger charge is 1.99. The van der Waals surface area contributed by atoms with Gasteiger partial charge in [0.2, 0.25) is 0 Å². The molecule has 0 aromatic heterocycles. The van der Waals surface area contributed by atoms with Crippen LogP contribution < -0.4 is 0 Å². The molecule has 1 atom stereocenters. The minimum absolute atomic E-state index is 0.834. The number of rotatable bonds is 10. The van der Waals surface area contributed by atoms with Crippen LogP contribution in [0.2, 0.25) is 0 Å². The zero-order chi connectivity index (χ0) is 13.6. The number of hydrogen-bond acceptors (Lipinski definition) is 0. The lowest BCUT2D eigenvalue weighted by Gasteiger charge is -2.08. The van der Waals surface area contributed by atoms with E-state index < -0.39 is 0 Å². The number of allylic oxidation sites excluding steroid dienone is 6. The molecular weight excluding hydrogens is 232 g/mol. The molecule has 0 aliphatic rings. The molecule has 0 heterocycles. The lowest BCUT2D eigenvalue weighted by atomic mass is 9.99. The Bertz CT molecular complexity index is 284. The van der Waals surface area contributed by atoms with E-state index >= 15 is 0 Å². The van der Waals surface area contributed by atoms with Crippen molar-refractivity contribution in [2.24, 2.45) is 5.92 Å². The molecule has 0 aromatic carbocycles. The third-order valence-corrected chi connectivity index (χ3v) is 3.38. The quantitative estimate of drug-likeness (QED) is 0.402. The first-order valence-electron chi connectivity index (χ1n) is 7.27. The topological polar surface area (TPSA) is 0 Å². The summed E-state index contributed by atoms with van der Waals surface area (Å²) >= 11 is 0. The minimum Gasteiger partial charge on any atom is -0.109 e. The summed E-state index contributed by atoms with van der Waals surface area (Å²) in [6, 6.07) is 0. The zero-order valence-corrected chi connectivity index (χ0v) is 13.9. The van der Waals surface area contributed by atoms with Gasteiger partial charge in [-0.15, -0.1) is 5.67 Å². The summed E-state index contributed by atoms with van der Waals surface area (Å²) in [5.41, 5.74) is 3.84. The second kappa shape index (κ2) is 12.8. The zero-order valence-electron chi connectivity index (χ0n) is 12.5. The summed E-state index contributed by atoms with van der Waals surface area (Å²) in [6.45, 7) is 6.77. The predicted molar refractivity (Wildman–Crippen MR) is 89.2 cm³/mol. The molecule has 0 nitrogen and oxygen atoms in total. The van der Waals surface area contributed by atoms with Crippen molar-refractivity contribution in [2.45, 2.75) is 59.3 Å². The van der Waals surface area contributed by atoms with Crippen LogP contribution in [0.1, 0.15) is 59.3 Å². The summed E-state index contributed by atoms with van der Waals surface area (Å²) in [5, 5.41) is 0. The maximum atomic E-state index is 2.37. The molecule has 18 heavy (non-hydrogen) atoms. The molecule has 0 saturated carbocycles. The van der Waals surface area contributed by atoms with Gasteiger partial charge in [0.1, 0.15) is 0 Å². The Morgan fingerprint density at radius 3 is 2.44 bits per heavy atom. The van der Waals surface area contributed by atoms with Crippen molar-refractivity contribution < 1.29 is 0 Å². The van der Waals surface area contributed by atoms with Gasteiger partial charge in [-0.1, -0.05) is 49.8 Å². The van der Waals surface area contributed by atoms with Crippen molar-refractivity contribution in [3.63, 3.8) is 0 Å². The third kappa shape index (κ3) is 11.8. The Kier molecular flexibility index (Phi) is 12.3. The summed E-state index contributed by atoms with van der Waals surface area (Å²) in [5.74, 6) is 0.834. The first-order valence-corrected chi connectivity index (χ1v) is 8.08. The second-order valence-corrected chi connectivity index (χ2v) is 5.62. The smallest absolute Gasteiger partial charge is 0.0166 e. The Morgan fingerprint density at radius 2 is 1.78 bits per heavy atom. The van der Waals surface area contributed by atoms with Gasteiger partial charge in [-0.05, 0) is 61.2 Å². The van der Waals surface area contributed by atoms with E-state index in [0.717, 1.165) is 25.2 Å². The maximum Gasteiger partial charge on any atom is -0.0166 e. The van der Waals surface area contributed by atoms with Crippen LogP contribution in [0.4, 0.5) is 0 Å². The number of hydrogen-bond donors (Lipinski definition) is 0. The van der Waals surface area contributed by atoms with E-state index in [4.69, 9.17) is 0 Å². The Hall–Kier alpha value is -0.693. The molecule has 0 N–H and O–H groups in total. The lowest BCUT2D eigenvalue weighted by Crippen LogP contribution is -1.95. The van der Waals surface area contributed by atoms with Crippen LogP contribution in [0, 0.1) is 5.92 Å². The average Bonchev–Trinajstić information content (AvgIpc) is 2.35. The molecule has 0 spiro atoms. The van der Waals surface area contributed by atoms with Gasteiger partial charge in [0.15, 0.2) is 0 Å². The largest absolute Gasteiger partial charge is 0.109 e. The highest BCUT2D eigenvalue weighted by molar-refractivity contribution is 6.27. The van der Waals surface area contributed by atoms with E-state index in [1.54, 1.807) is 0 Å². The highest BCUT2D eigenvalue weighted by Crippen LogP contribution is 2.14. The normalized spacial score (nSPS) is 14.5. The fraction of sp³-hybridized carbons (Fsp3) is 0.588. The highest BCUT2D eigenvalue weighted by atomic mass is 28.1. The van der Waals surface area contributed by atoms with Crippen LogP contribution in [0.5, 0.6) is 0 Å². The summed E-state index contributed by atoms with van der Waals surface area (Å²) < 4.78 is 0. The fourth-order valence-corrected chi connectivity index (χ4v) is 2.35. The van der Waals surface area contributed by atoms with Gasteiger partial charge in [0.25, 0.3) is 0 Å². The molecule has 0 aliphatic carbocycles. The van der Waals surface area contributed by atoms with Crippen LogP contribution in [-0.2, 0) is 0 Å². The average molecular weight is 263 g/mol. The van der Waals surface area contributed by atoms with Gasteiger partial charge < -0.3 is 0 Å². The second-order valence-electron chi connectivity index (χ2n) is 5.04. The fourth-order valence-electron chi connectivity index (χ4n) is 1.78. The van der Waals surface area contributed by atoms with Crippen LogP contribution >= 0.6 is 0 Å². The molecule has 0 aromatic rings. The summed E-state index contributed by atoms with van der Waals surface area (Å²) in [7, 11) is 1.97. The van der Waals surface area contributed by atoms with Crippen molar-refractivity contribution in [3.05, 3.63) is 36.0 Å². The molecule has 1 heteroatoms. The molecule has 0 saturated heterocycles. The molecular formula is C17H30Si. The molecule has 0 amide bonds. The van der Waals surface area contributed by atoms with E-state index in [9.17, 15) is 0 Å². The summed E-state index contributed by atoms with van der Waals surface area (Å²) in [4.78, 5) is 0. The standard InChI is InChI=1S/C17H30Si/c1-4-5-6-7-8-9-10-11-16(2)12-13-17(3)14-15-18/h5-6,8-9,11,15,17H,4,7,10,12-14,18H2,1-3H3. The molecule has 0 radical (unpaired) electrons. The molecule has 0 fully saturated rings. The van der Waals surface area contributed by atoms with Crippen molar-refractivity contribution in [1.82, 2.24) is 0 Å². The molecule has 0 rings (SSSR count). The van der Waals surface area contributed by atoms with Crippen molar-refractivity contribution in [2.75, 3.05) is 0 Å². The van der Waals surface area contributed by atoms with Gasteiger partial charge in [-0.25, -0.2) is 0 Å². The van der Waals surface area contributed by atoms with E-state index in [1.165, 1.54) is 24.8 Å². The predicted octanol–water partition coefficient (Wildman–Crippen LogP) is 4.48. The third-order valence-electron chi connectivity index (χ3n) is 3.04. The Labute approximate surface area is 117 Å². The van der Waals surface area contributed by atoms with E-state index in [1.807, 2.05) is 9.85 Å². The van der Waals surface area contributed by atoms with Gasteiger partial charge in [0, 0.05) is 0 Å². The lowest BCUT2D eigenvalue weighted by molar-refractivity contribution is 0.557. The summed E-state index contributed by atoms with van der Waals surface area (Å²) in [6.07, 6.45) is 18.5. The van der Waals surface area contributed by atoms with Crippen molar-refractivity contribution in [1.29, 1.82) is 0 Å². The Morgan fingerprint density at radius 1 is 1.11 bits per heavy atom. The molecule has 0 bridgehead atoms. The van der Waals surface area contributed by atoms with Gasteiger partial charge in [0.05, 0.1) is 0 Å². The SMILES string of the molecule is CCC=CCC=CCC=C(C)CCC(C)CC=[SiH2]. The van der Waals surface area contributed by atoms with Crippen LogP contribution in [0.3, 0.4) is 0 Å². The van der Waals surface area contributed by atoms with E-state index in [0.29, 0.717) is 0 Å². The maximum absolute atomic E-state index is 2.37. The first-order chi connectivity index (χ1) is 8.70. The van der Waals surface area contributed by atoms with Gasteiger partial charge in [-0.3, -0.25) is 0 Å². The van der Waals surface area contributed by atoms with E-state index in [-0.39, 0.29) is 0 Å². The van der Waals surface area contributed by atoms with Crippen molar-refractivity contribution in [3.8, 4) is 0 Å². The van der Waals surface area contributed by atoms with Gasteiger partial charge in [-0.2, -0.15) is 0 Å². The van der Waals surface area contributed by atoms with Crippen molar-refractivity contribution >= 4 is 15.5 Å². The molecule has 0 aliphatic heterocycles. The molecule has 1 unspecified atom stereocenters. The van der Waals surface area contributed by atoms with Crippen LogP contribution in [-0.4, -0.2) is 15.5 Å². The van der Waals surface area contributed by atoms with Crippen LogP contribution in [0.25, 0.3) is 0 Å². The van der Waals surface area contributed by atoms with Gasteiger partial charge >= 0.3 is 0 Å². The monoisotopic (exact) mass is 262 g/mol. The van der Waals surface area contributed by atoms with Crippen LogP contribution in [0.15, 0.2) is 36.0 Å². The Balaban J connectivity index is 3.70. The first kappa shape index (κ1) is 17.3. The minimum atomic E-state index is 0.834. The van der Waals surface area contributed by atoms with E-state index in [2.05, 4.69) is 56.8 Å².